The maximum absolute atomic E-state index is 12.8. The van der Waals surface area contributed by atoms with E-state index >= 15 is 0 Å². The Labute approximate surface area is 182 Å². The molecule has 29 heavy (non-hydrogen) atoms. The molecule has 1 amide bonds. The SMILES string of the molecule is COc1cc(C(=O)NC2CCN(c3nc4ccccc4s3)CC2)cc(OC)c1Br. The molecule has 152 valence electrons. The summed E-state index contributed by atoms with van der Waals surface area (Å²) in [6.07, 6.45) is 1.76. The second-order valence-electron chi connectivity index (χ2n) is 6.89. The van der Waals surface area contributed by atoms with Crippen molar-refractivity contribution >= 4 is 48.5 Å². The number of methoxy groups -OCH3 is 2. The van der Waals surface area contributed by atoms with Crippen molar-refractivity contribution in [3.63, 3.8) is 0 Å². The van der Waals surface area contributed by atoms with Gasteiger partial charge in [0, 0.05) is 24.7 Å². The number of thiazole rings is 1. The topological polar surface area (TPSA) is 63.7 Å². The van der Waals surface area contributed by atoms with Gasteiger partial charge in [-0.25, -0.2) is 4.98 Å². The number of benzene rings is 2. The summed E-state index contributed by atoms with van der Waals surface area (Å²) in [6.45, 7) is 1.75. The fraction of sp³-hybridized carbons (Fsp3) is 0.333. The van der Waals surface area contributed by atoms with E-state index in [9.17, 15) is 4.79 Å². The molecule has 0 spiro atoms. The first-order valence-electron chi connectivity index (χ1n) is 9.42. The smallest absolute Gasteiger partial charge is 0.251 e. The quantitative estimate of drug-likeness (QED) is 0.589. The van der Waals surface area contributed by atoms with Crippen LogP contribution in [0.25, 0.3) is 10.2 Å². The van der Waals surface area contributed by atoms with Gasteiger partial charge >= 0.3 is 0 Å². The molecule has 1 saturated heterocycles. The van der Waals surface area contributed by atoms with Crippen LogP contribution in [0.5, 0.6) is 11.5 Å². The van der Waals surface area contributed by atoms with Crippen molar-refractivity contribution < 1.29 is 14.3 Å². The Hall–Kier alpha value is -2.32. The number of halogens is 1. The third kappa shape index (κ3) is 4.18. The largest absolute Gasteiger partial charge is 0.495 e. The van der Waals surface area contributed by atoms with E-state index in [4.69, 9.17) is 14.5 Å². The molecule has 0 unspecified atom stereocenters. The number of carbonyl (C=O) groups is 1. The van der Waals surface area contributed by atoms with Crippen LogP contribution in [0.15, 0.2) is 40.9 Å². The predicted octanol–water partition coefficient (Wildman–Crippen LogP) is 4.47. The number of hydrogen-bond acceptors (Lipinski definition) is 6. The highest BCUT2D eigenvalue weighted by atomic mass is 79.9. The number of ether oxygens (including phenoxy) is 2. The van der Waals surface area contributed by atoms with Crippen LogP contribution in [0.4, 0.5) is 5.13 Å². The van der Waals surface area contributed by atoms with Gasteiger partial charge in [0.25, 0.3) is 5.91 Å². The van der Waals surface area contributed by atoms with Gasteiger partial charge in [0.15, 0.2) is 5.13 Å². The standard InChI is InChI=1S/C21H22BrN3O3S/c1-27-16-11-13(12-17(28-2)19(16)22)20(26)23-14-7-9-25(10-8-14)21-24-15-5-3-4-6-18(15)29-21/h3-6,11-12,14H,7-10H2,1-2H3,(H,23,26). The molecule has 0 bridgehead atoms. The van der Waals surface area contributed by atoms with Crippen LogP contribution in [-0.2, 0) is 0 Å². The zero-order valence-electron chi connectivity index (χ0n) is 16.3. The fourth-order valence-electron chi connectivity index (χ4n) is 3.48. The summed E-state index contributed by atoms with van der Waals surface area (Å²) in [7, 11) is 3.14. The van der Waals surface area contributed by atoms with E-state index in [1.165, 1.54) is 4.70 Å². The van der Waals surface area contributed by atoms with Crippen molar-refractivity contribution in [1.29, 1.82) is 0 Å². The Kier molecular flexibility index (Phi) is 5.91. The second-order valence-corrected chi connectivity index (χ2v) is 8.70. The highest BCUT2D eigenvalue weighted by Crippen LogP contribution is 2.36. The summed E-state index contributed by atoms with van der Waals surface area (Å²) in [4.78, 5) is 19.8. The molecule has 0 radical (unpaired) electrons. The first kappa shape index (κ1) is 20.0. The fourth-order valence-corrected chi connectivity index (χ4v) is 5.05. The summed E-state index contributed by atoms with van der Waals surface area (Å²) >= 11 is 5.15. The monoisotopic (exact) mass is 475 g/mol. The number of aromatic nitrogens is 1. The lowest BCUT2D eigenvalue weighted by atomic mass is 10.0. The Morgan fingerprint density at radius 1 is 1.17 bits per heavy atom. The van der Waals surface area contributed by atoms with Gasteiger partial charge in [0.05, 0.1) is 24.4 Å². The van der Waals surface area contributed by atoms with Crippen molar-refractivity contribution in [1.82, 2.24) is 10.3 Å². The van der Waals surface area contributed by atoms with Gasteiger partial charge in [-0.1, -0.05) is 23.5 Å². The lowest BCUT2D eigenvalue weighted by molar-refractivity contribution is 0.0930. The van der Waals surface area contributed by atoms with Gasteiger partial charge in [-0.3, -0.25) is 4.79 Å². The van der Waals surface area contributed by atoms with Gasteiger partial charge in [-0.15, -0.1) is 0 Å². The highest BCUT2D eigenvalue weighted by Gasteiger charge is 2.24. The molecule has 1 N–H and O–H groups in total. The maximum atomic E-state index is 12.8. The third-order valence-corrected chi connectivity index (χ3v) is 6.97. The molecule has 2 aromatic carbocycles. The van der Waals surface area contributed by atoms with E-state index in [1.807, 2.05) is 18.2 Å². The lowest BCUT2D eigenvalue weighted by Crippen LogP contribution is -2.44. The second kappa shape index (κ2) is 8.59. The number of nitrogens with one attached hydrogen (secondary N) is 1. The molecular weight excluding hydrogens is 454 g/mol. The molecule has 1 fully saturated rings. The van der Waals surface area contributed by atoms with Gasteiger partial charge in [0.2, 0.25) is 0 Å². The number of hydrogen-bond donors (Lipinski definition) is 1. The average Bonchev–Trinajstić information content (AvgIpc) is 3.18. The van der Waals surface area contributed by atoms with Crippen LogP contribution < -0.4 is 19.7 Å². The molecule has 0 atom stereocenters. The molecule has 2 heterocycles. The summed E-state index contributed by atoms with van der Waals surface area (Å²) in [6, 6.07) is 11.8. The van der Waals surface area contributed by atoms with E-state index in [-0.39, 0.29) is 11.9 Å². The van der Waals surface area contributed by atoms with E-state index in [1.54, 1.807) is 37.7 Å². The molecule has 0 saturated carbocycles. The van der Waals surface area contributed by atoms with E-state index in [0.717, 1.165) is 36.6 Å². The van der Waals surface area contributed by atoms with Crippen LogP contribution >= 0.6 is 27.3 Å². The number of rotatable bonds is 5. The van der Waals surface area contributed by atoms with Crippen molar-refractivity contribution in [3.05, 3.63) is 46.4 Å². The number of para-hydroxylation sites is 1. The normalized spacial score (nSPS) is 14.8. The number of carbonyl (C=O) groups excluding carboxylic acids is 1. The summed E-state index contributed by atoms with van der Waals surface area (Å²) in [5.41, 5.74) is 1.57. The van der Waals surface area contributed by atoms with Crippen molar-refractivity contribution in [2.24, 2.45) is 0 Å². The Morgan fingerprint density at radius 2 is 1.83 bits per heavy atom. The van der Waals surface area contributed by atoms with Crippen molar-refractivity contribution in [2.75, 3.05) is 32.2 Å². The lowest BCUT2D eigenvalue weighted by Gasteiger charge is -2.32. The van der Waals surface area contributed by atoms with Crippen LogP contribution in [0.2, 0.25) is 0 Å². The molecule has 1 aromatic heterocycles. The first-order valence-corrected chi connectivity index (χ1v) is 11.0. The Balaban J connectivity index is 1.40. The minimum atomic E-state index is -0.118. The van der Waals surface area contributed by atoms with E-state index in [2.05, 4.69) is 32.2 Å². The third-order valence-electron chi connectivity index (χ3n) is 5.09. The van der Waals surface area contributed by atoms with Crippen LogP contribution in [0.1, 0.15) is 23.2 Å². The zero-order chi connectivity index (χ0) is 20.4. The summed E-state index contributed by atoms with van der Waals surface area (Å²) < 4.78 is 12.6. The molecule has 3 aromatic rings. The number of piperidine rings is 1. The van der Waals surface area contributed by atoms with Crippen molar-refractivity contribution in [3.8, 4) is 11.5 Å². The van der Waals surface area contributed by atoms with Crippen LogP contribution in [-0.4, -0.2) is 44.2 Å². The van der Waals surface area contributed by atoms with E-state index in [0.29, 0.717) is 21.5 Å². The number of nitrogens with zero attached hydrogens (tertiary/aromatic N) is 2. The number of fused-ring (bicyclic) bond motifs is 1. The van der Waals surface area contributed by atoms with Gasteiger partial charge < -0.3 is 19.7 Å². The average molecular weight is 476 g/mol. The van der Waals surface area contributed by atoms with Crippen LogP contribution in [0, 0.1) is 0 Å². The summed E-state index contributed by atoms with van der Waals surface area (Å²) in [5.74, 6) is 1.02. The molecule has 1 aliphatic rings. The van der Waals surface area contributed by atoms with Gasteiger partial charge in [-0.05, 0) is 53.0 Å². The molecule has 0 aliphatic carbocycles. The molecular formula is C21H22BrN3O3S. The van der Waals surface area contributed by atoms with Crippen LogP contribution in [0.3, 0.4) is 0 Å². The van der Waals surface area contributed by atoms with Crippen molar-refractivity contribution in [2.45, 2.75) is 18.9 Å². The first-order chi connectivity index (χ1) is 14.1. The Bertz CT molecular complexity index is 973. The highest BCUT2D eigenvalue weighted by molar-refractivity contribution is 9.10. The zero-order valence-corrected chi connectivity index (χ0v) is 18.7. The molecule has 8 heteroatoms. The minimum Gasteiger partial charge on any atom is -0.495 e. The number of anilines is 1. The number of amides is 1. The molecule has 4 rings (SSSR count). The van der Waals surface area contributed by atoms with E-state index < -0.39 is 0 Å². The summed E-state index contributed by atoms with van der Waals surface area (Å²) in [5, 5.41) is 4.20. The van der Waals surface area contributed by atoms with Gasteiger partial charge in [-0.2, -0.15) is 0 Å². The Morgan fingerprint density at radius 3 is 2.45 bits per heavy atom. The van der Waals surface area contributed by atoms with Gasteiger partial charge in [0.1, 0.15) is 16.0 Å². The minimum absolute atomic E-state index is 0.118. The predicted molar refractivity (Wildman–Crippen MR) is 120 cm³/mol. The molecule has 1 aliphatic heterocycles. The maximum Gasteiger partial charge on any atom is 0.251 e. The molecule has 6 nitrogen and oxygen atoms in total.